The molecule has 1 aromatic rings. The number of aromatic nitrogens is 2. The number of imide groups is 1. The summed E-state index contributed by atoms with van der Waals surface area (Å²) in [5, 5.41) is 12.7. The van der Waals surface area contributed by atoms with Gasteiger partial charge in [-0.15, -0.1) is 0 Å². The highest BCUT2D eigenvalue weighted by Crippen LogP contribution is 2.24. The first-order valence-electron chi connectivity index (χ1n) is 4.55. The summed E-state index contributed by atoms with van der Waals surface area (Å²) >= 11 is 0. The number of anilines is 1. The minimum atomic E-state index is -0.442. The third-order valence-electron chi connectivity index (χ3n) is 2.34. The summed E-state index contributed by atoms with van der Waals surface area (Å²) in [6.07, 6.45) is 2.57. The SMILES string of the molecule is CC1=CC(=O)N(c2c(C#N)cnn2C)C1=O. The lowest BCUT2D eigenvalue weighted by Crippen LogP contribution is -2.32. The normalized spacial score (nSPS) is 15.3. The molecule has 0 spiro atoms. The molecule has 0 fully saturated rings. The van der Waals surface area contributed by atoms with E-state index in [1.807, 2.05) is 6.07 Å². The van der Waals surface area contributed by atoms with Crippen molar-refractivity contribution in [1.82, 2.24) is 9.78 Å². The van der Waals surface area contributed by atoms with Crippen molar-refractivity contribution < 1.29 is 9.59 Å². The van der Waals surface area contributed by atoms with Crippen molar-refractivity contribution in [3.63, 3.8) is 0 Å². The van der Waals surface area contributed by atoms with Crippen molar-refractivity contribution in [2.24, 2.45) is 7.05 Å². The molecule has 0 aromatic carbocycles. The predicted octanol–water partition coefficient (Wildman–Crippen LogP) is 0.111. The minimum absolute atomic E-state index is 0.201. The number of carbonyl (C=O) groups excluding carboxylic acids is 2. The minimum Gasteiger partial charge on any atom is -0.269 e. The zero-order chi connectivity index (χ0) is 11.9. The highest BCUT2D eigenvalue weighted by atomic mass is 16.2. The van der Waals surface area contributed by atoms with Gasteiger partial charge in [-0.05, 0) is 6.92 Å². The molecule has 0 N–H and O–H groups in total. The van der Waals surface area contributed by atoms with Crippen LogP contribution in [0.5, 0.6) is 0 Å². The molecular weight excluding hydrogens is 208 g/mol. The van der Waals surface area contributed by atoms with E-state index in [9.17, 15) is 9.59 Å². The van der Waals surface area contributed by atoms with Crippen LogP contribution in [0.25, 0.3) is 0 Å². The molecule has 1 aromatic heterocycles. The fraction of sp³-hybridized carbons (Fsp3) is 0.200. The van der Waals surface area contributed by atoms with Gasteiger partial charge < -0.3 is 0 Å². The second-order valence-corrected chi connectivity index (χ2v) is 3.42. The van der Waals surface area contributed by atoms with Gasteiger partial charge in [0, 0.05) is 18.7 Å². The molecule has 80 valence electrons. The van der Waals surface area contributed by atoms with Gasteiger partial charge in [0.1, 0.15) is 11.6 Å². The maximum absolute atomic E-state index is 11.7. The Balaban J connectivity index is 2.55. The maximum Gasteiger partial charge on any atom is 0.262 e. The standard InChI is InChI=1S/C10H8N4O2/c1-6-3-8(15)14(10(6)16)9-7(4-11)5-12-13(9)2/h3,5H,1-2H3. The van der Waals surface area contributed by atoms with Crippen molar-refractivity contribution in [2.75, 3.05) is 4.90 Å². The number of aryl methyl sites for hydroxylation is 1. The Bertz CT molecular complexity index is 562. The van der Waals surface area contributed by atoms with Gasteiger partial charge in [0.15, 0.2) is 5.82 Å². The van der Waals surface area contributed by atoms with E-state index in [0.717, 1.165) is 4.90 Å². The summed E-state index contributed by atoms with van der Waals surface area (Å²) in [5.74, 6) is -0.640. The number of carbonyl (C=O) groups is 2. The van der Waals surface area contributed by atoms with E-state index < -0.39 is 11.8 Å². The molecule has 0 bridgehead atoms. The third kappa shape index (κ3) is 1.22. The summed E-state index contributed by atoms with van der Waals surface area (Å²) in [6.45, 7) is 1.56. The van der Waals surface area contributed by atoms with Crippen LogP contribution in [-0.2, 0) is 16.6 Å². The van der Waals surface area contributed by atoms with E-state index in [0.29, 0.717) is 5.57 Å². The number of hydrogen-bond acceptors (Lipinski definition) is 4. The number of nitriles is 1. The molecule has 2 heterocycles. The van der Waals surface area contributed by atoms with Crippen LogP contribution >= 0.6 is 0 Å². The lowest BCUT2D eigenvalue weighted by Gasteiger charge is -2.14. The van der Waals surface area contributed by atoms with Gasteiger partial charge >= 0.3 is 0 Å². The first-order valence-corrected chi connectivity index (χ1v) is 4.55. The summed E-state index contributed by atoms with van der Waals surface area (Å²) in [5.41, 5.74) is 0.558. The van der Waals surface area contributed by atoms with Crippen LogP contribution in [-0.4, -0.2) is 21.6 Å². The topological polar surface area (TPSA) is 79.0 Å². The molecule has 2 amide bonds. The van der Waals surface area contributed by atoms with Crippen molar-refractivity contribution in [1.29, 1.82) is 5.26 Å². The van der Waals surface area contributed by atoms with Crippen LogP contribution in [0, 0.1) is 11.3 Å². The second-order valence-electron chi connectivity index (χ2n) is 3.42. The van der Waals surface area contributed by atoms with Gasteiger partial charge in [-0.25, -0.2) is 4.90 Å². The van der Waals surface area contributed by atoms with Crippen molar-refractivity contribution in [3.8, 4) is 6.07 Å². The summed E-state index contributed by atoms with van der Waals surface area (Å²) in [4.78, 5) is 24.3. The Morgan fingerprint density at radius 3 is 2.62 bits per heavy atom. The first kappa shape index (κ1) is 10.1. The molecule has 1 aliphatic rings. The number of amides is 2. The molecule has 0 atom stereocenters. The van der Waals surface area contributed by atoms with Gasteiger partial charge in [0.05, 0.1) is 6.20 Å². The smallest absolute Gasteiger partial charge is 0.262 e. The molecule has 16 heavy (non-hydrogen) atoms. The molecule has 6 nitrogen and oxygen atoms in total. The molecule has 0 unspecified atom stereocenters. The molecule has 0 saturated heterocycles. The molecule has 2 rings (SSSR count). The van der Waals surface area contributed by atoms with Crippen molar-refractivity contribution >= 4 is 17.6 Å². The predicted molar refractivity (Wildman–Crippen MR) is 54.2 cm³/mol. The number of hydrogen-bond donors (Lipinski definition) is 0. The molecule has 6 heteroatoms. The summed E-state index contributed by atoms with van der Waals surface area (Å²) < 4.78 is 1.33. The maximum atomic E-state index is 11.7. The highest BCUT2D eigenvalue weighted by Gasteiger charge is 2.33. The van der Waals surface area contributed by atoms with E-state index in [-0.39, 0.29) is 11.4 Å². The van der Waals surface area contributed by atoms with Crippen LogP contribution in [0.2, 0.25) is 0 Å². The van der Waals surface area contributed by atoms with E-state index in [1.54, 1.807) is 14.0 Å². The van der Waals surface area contributed by atoms with Crippen LogP contribution < -0.4 is 4.90 Å². The molecular formula is C10H8N4O2. The molecule has 1 aliphatic heterocycles. The van der Waals surface area contributed by atoms with Crippen LogP contribution in [0.3, 0.4) is 0 Å². The van der Waals surface area contributed by atoms with Crippen molar-refractivity contribution in [3.05, 3.63) is 23.4 Å². The van der Waals surface area contributed by atoms with Gasteiger partial charge in [0.2, 0.25) is 0 Å². The van der Waals surface area contributed by atoms with Gasteiger partial charge in [0.25, 0.3) is 11.8 Å². The summed E-state index contributed by atoms with van der Waals surface area (Å²) in [7, 11) is 1.57. The Morgan fingerprint density at radius 1 is 1.44 bits per heavy atom. The number of rotatable bonds is 1. The van der Waals surface area contributed by atoms with Gasteiger partial charge in [-0.1, -0.05) is 0 Å². The largest absolute Gasteiger partial charge is 0.269 e. The average molecular weight is 216 g/mol. The van der Waals surface area contributed by atoms with Crippen LogP contribution in [0.15, 0.2) is 17.8 Å². The monoisotopic (exact) mass is 216 g/mol. The quantitative estimate of drug-likeness (QED) is 0.624. The highest BCUT2D eigenvalue weighted by molar-refractivity contribution is 6.30. The Hall–Kier alpha value is -2.42. The van der Waals surface area contributed by atoms with Crippen molar-refractivity contribution in [2.45, 2.75) is 6.92 Å². The van der Waals surface area contributed by atoms with E-state index in [2.05, 4.69) is 5.10 Å². The van der Waals surface area contributed by atoms with Crippen LogP contribution in [0.1, 0.15) is 12.5 Å². The summed E-state index contributed by atoms with van der Waals surface area (Å²) in [6, 6.07) is 1.90. The first-order chi connectivity index (χ1) is 7.56. The third-order valence-corrected chi connectivity index (χ3v) is 2.34. The van der Waals surface area contributed by atoms with E-state index in [4.69, 9.17) is 5.26 Å². The molecule has 0 aliphatic carbocycles. The lowest BCUT2D eigenvalue weighted by molar-refractivity contribution is -0.120. The van der Waals surface area contributed by atoms with Crippen LogP contribution in [0.4, 0.5) is 5.82 Å². The fourth-order valence-corrected chi connectivity index (χ4v) is 1.56. The molecule has 0 saturated carbocycles. The van der Waals surface area contributed by atoms with Gasteiger partial charge in [-0.2, -0.15) is 10.4 Å². The lowest BCUT2D eigenvalue weighted by atomic mass is 10.3. The fourth-order valence-electron chi connectivity index (χ4n) is 1.56. The Labute approximate surface area is 91.4 Å². The van der Waals surface area contributed by atoms with E-state index >= 15 is 0 Å². The molecule has 0 radical (unpaired) electrons. The zero-order valence-electron chi connectivity index (χ0n) is 8.76. The number of nitrogens with zero attached hydrogens (tertiary/aromatic N) is 4. The van der Waals surface area contributed by atoms with Gasteiger partial charge in [-0.3, -0.25) is 14.3 Å². The second kappa shape index (κ2) is 3.31. The Morgan fingerprint density at radius 2 is 2.12 bits per heavy atom. The average Bonchev–Trinajstić information content (AvgIpc) is 2.70. The van der Waals surface area contributed by atoms with E-state index in [1.165, 1.54) is 17.0 Å². The Kier molecular flexibility index (Phi) is 2.09. The zero-order valence-corrected chi connectivity index (χ0v) is 8.76.